The lowest BCUT2D eigenvalue weighted by atomic mass is 10.1. The fourth-order valence-corrected chi connectivity index (χ4v) is 4.68. The Morgan fingerprint density at radius 2 is 1.38 bits per heavy atom. The lowest BCUT2D eigenvalue weighted by Crippen LogP contribution is -2.16. The Morgan fingerprint density at radius 3 is 2.03 bits per heavy atom. The van der Waals surface area contributed by atoms with E-state index in [1.54, 1.807) is 36.5 Å². The van der Waals surface area contributed by atoms with Gasteiger partial charge < -0.3 is 9.64 Å². The maximum Gasteiger partial charge on any atom is 0.208 e. The molecule has 5 nitrogen and oxygen atoms in total. The second kappa shape index (κ2) is 6.76. The molecule has 142 valence electrons. The molecular formula is C23H16N2O3S. The van der Waals surface area contributed by atoms with Gasteiger partial charge in [0.15, 0.2) is 11.5 Å². The van der Waals surface area contributed by atoms with E-state index in [2.05, 4.69) is 4.98 Å². The summed E-state index contributed by atoms with van der Waals surface area (Å²) in [6, 6.07) is 25.5. The Balaban J connectivity index is 1.68. The van der Waals surface area contributed by atoms with Crippen LogP contribution in [0.2, 0.25) is 0 Å². The number of rotatable bonds is 3. The molecule has 0 unspecified atom stereocenters. The first kappa shape index (κ1) is 17.5. The minimum absolute atomic E-state index is 0.167. The van der Waals surface area contributed by atoms with Crippen molar-refractivity contribution in [2.75, 3.05) is 4.90 Å². The van der Waals surface area contributed by atoms with E-state index >= 15 is 0 Å². The summed E-state index contributed by atoms with van der Waals surface area (Å²) in [6.07, 6.45) is 2.92. The van der Waals surface area contributed by atoms with Crippen LogP contribution in [-0.2, 0) is 9.84 Å². The zero-order valence-corrected chi connectivity index (χ0v) is 16.1. The molecule has 0 N–H and O–H groups in total. The van der Waals surface area contributed by atoms with Gasteiger partial charge in [-0.2, -0.15) is 0 Å². The first-order valence-electron chi connectivity index (χ1n) is 9.06. The quantitative estimate of drug-likeness (QED) is 0.401. The van der Waals surface area contributed by atoms with E-state index in [9.17, 15) is 8.42 Å². The van der Waals surface area contributed by atoms with Crippen LogP contribution in [0.1, 0.15) is 0 Å². The summed E-state index contributed by atoms with van der Waals surface area (Å²) in [5.41, 5.74) is 2.43. The average Bonchev–Trinajstić information content (AvgIpc) is 2.78. The third-order valence-electron chi connectivity index (χ3n) is 4.76. The minimum Gasteiger partial charge on any atom is -0.453 e. The molecule has 0 spiro atoms. The lowest BCUT2D eigenvalue weighted by molar-refractivity contribution is 0.477. The van der Waals surface area contributed by atoms with Gasteiger partial charge in [-0.1, -0.05) is 30.3 Å². The number of benzene rings is 3. The van der Waals surface area contributed by atoms with E-state index in [0.29, 0.717) is 11.5 Å². The number of nitrogens with zero attached hydrogens (tertiary/aromatic N) is 2. The smallest absolute Gasteiger partial charge is 0.208 e. The molecule has 2 heterocycles. The summed E-state index contributed by atoms with van der Waals surface area (Å²) < 4.78 is 32.2. The summed E-state index contributed by atoms with van der Waals surface area (Å²) in [4.78, 5) is 6.33. The summed E-state index contributed by atoms with van der Waals surface area (Å²) in [5.74, 6) is 1.43. The molecule has 0 bridgehead atoms. The maximum atomic E-state index is 13.1. The van der Waals surface area contributed by atoms with Gasteiger partial charge in [0.2, 0.25) is 9.84 Å². The third kappa shape index (κ3) is 2.94. The van der Waals surface area contributed by atoms with Gasteiger partial charge >= 0.3 is 0 Å². The number of fused-ring (bicyclic) bond motifs is 2. The number of hydrogen-bond acceptors (Lipinski definition) is 5. The Bertz CT molecular complexity index is 1260. The molecule has 0 saturated heterocycles. The molecule has 5 rings (SSSR count). The molecular weight excluding hydrogens is 384 g/mol. The van der Waals surface area contributed by atoms with Gasteiger partial charge in [0.25, 0.3) is 0 Å². The highest BCUT2D eigenvalue weighted by Gasteiger charge is 2.26. The van der Waals surface area contributed by atoms with Gasteiger partial charge in [0.1, 0.15) is 0 Å². The molecule has 0 amide bonds. The van der Waals surface area contributed by atoms with E-state index in [1.807, 2.05) is 59.5 Å². The van der Waals surface area contributed by atoms with E-state index in [-0.39, 0.29) is 9.79 Å². The van der Waals surface area contributed by atoms with E-state index in [0.717, 1.165) is 17.1 Å². The monoisotopic (exact) mass is 400 g/mol. The fraction of sp³-hybridized carbons (Fsp3) is 0. The molecule has 3 aromatic carbocycles. The van der Waals surface area contributed by atoms with E-state index in [4.69, 9.17) is 4.74 Å². The van der Waals surface area contributed by atoms with Crippen molar-refractivity contribution in [3.8, 4) is 11.5 Å². The Labute approximate surface area is 168 Å². The second-order valence-corrected chi connectivity index (χ2v) is 8.51. The highest BCUT2D eigenvalue weighted by molar-refractivity contribution is 7.91. The van der Waals surface area contributed by atoms with Crippen LogP contribution in [0, 0.1) is 0 Å². The van der Waals surface area contributed by atoms with Crippen molar-refractivity contribution in [3.05, 3.63) is 97.3 Å². The van der Waals surface area contributed by atoms with Crippen molar-refractivity contribution in [3.63, 3.8) is 0 Å². The Morgan fingerprint density at radius 1 is 0.724 bits per heavy atom. The predicted octanol–water partition coefficient (Wildman–Crippen LogP) is 5.49. The SMILES string of the molecule is O=S(=O)(c1cccnc1)c1cccc(N2c3ccccc3Oc3ccccc32)c1. The summed E-state index contributed by atoms with van der Waals surface area (Å²) in [7, 11) is -3.68. The van der Waals surface area contributed by atoms with Gasteiger partial charge in [-0.05, 0) is 54.6 Å². The van der Waals surface area contributed by atoms with Crippen LogP contribution in [0.5, 0.6) is 11.5 Å². The number of pyridine rings is 1. The first-order valence-corrected chi connectivity index (χ1v) is 10.5. The van der Waals surface area contributed by atoms with Crippen LogP contribution in [0.3, 0.4) is 0 Å². The number of aromatic nitrogens is 1. The summed E-state index contributed by atoms with van der Waals surface area (Å²) >= 11 is 0. The molecule has 1 aliphatic heterocycles. The average molecular weight is 400 g/mol. The standard InChI is InChI=1S/C23H16N2O3S/c26-29(27,19-9-6-14-24-16-19)18-8-5-7-17(15-18)25-20-10-1-3-12-22(20)28-23-13-4-2-11-21(23)25/h1-16H. The molecule has 6 heteroatoms. The third-order valence-corrected chi connectivity index (χ3v) is 6.50. The largest absolute Gasteiger partial charge is 0.453 e. The number of para-hydroxylation sites is 4. The zero-order valence-electron chi connectivity index (χ0n) is 15.3. The highest BCUT2D eigenvalue weighted by atomic mass is 32.2. The van der Waals surface area contributed by atoms with Crippen LogP contribution in [0.25, 0.3) is 0 Å². The van der Waals surface area contributed by atoms with Gasteiger partial charge in [-0.15, -0.1) is 0 Å². The van der Waals surface area contributed by atoms with Crippen LogP contribution < -0.4 is 9.64 Å². The van der Waals surface area contributed by atoms with Crippen molar-refractivity contribution in [1.82, 2.24) is 4.98 Å². The van der Waals surface area contributed by atoms with Crippen molar-refractivity contribution in [1.29, 1.82) is 0 Å². The molecule has 0 atom stereocenters. The number of hydrogen-bond donors (Lipinski definition) is 0. The summed E-state index contributed by atoms with van der Waals surface area (Å²) in [5, 5.41) is 0. The Hall–Kier alpha value is -3.64. The van der Waals surface area contributed by atoms with Crippen molar-refractivity contribution in [2.45, 2.75) is 9.79 Å². The normalized spacial score (nSPS) is 12.6. The number of ether oxygens (including phenoxy) is 1. The molecule has 1 aliphatic rings. The summed E-state index contributed by atoms with van der Waals surface area (Å²) in [6.45, 7) is 0. The van der Waals surface area contributed by atoms with E-state index < -0.39 is 9.84 Å². The Kier molecular flexibility index (Phi) is 4.07. The predicted molar refractivity (Wildman–Crippen MR) is 111 cm³/mol. The minimum atomic E-state index is -3.68. The molecule has 0 saturated carbocycles. The number of sulfone groups is 1. The van der Waals surface area contributed by atoms with Crippen LogP contribution in [0.4, 0.5) is 17.1 Å². The molecule has 29 heavy (non-hydrogen) atoms. The molecule has 4 aromatic rings. The first-order chi connectivity index (χ1) is 14.1. The van der Waals surface area contributed by atoms with Gasteiger partial charge in [-0.3, -0.25) is 4.98 Å². The van der Waals surface area contributed by atoms with Crippen LogP contribution in [-0.4, -0.2) is 13.4 Å². The maximum absolute atomic E-state index is 13.1. The zero-order chi connectivity index (χ0) is 19.8. The van der Waals surface area contributed by atoms with Crippen molar-refractivity contribution < 1.29 is 13.2 Å². The molecule has 0 fully saturated rings. The van der Waals surface area contributed by atoms with Crippen LogP contribution >= 0.6 is 0 Å². The molecule has 0 aliphatic carbocycles. The lowest BCUT2D eigenvalue weighted by Gasteiger charge is -2.32. The van der Waals surface area contributed by atoms with Gasteiger partial charge in [-0.25, -0.2) is 8.42 Å². The van der Waals surface area contributed by atoms with Crippen molar-refractivity contribution in [2.24, 2.45) is 0 Å². The highest BCUT2D eigenvalue weighted by Crippen LogP contribution is 2.50. The topological polar surface area (TPSA) is 59.5 Å². The van der Waals surface area contributed by atoms with Crippen molar-refractivity contribution >= 4 is 26.9 Å². The van der Waals surface area contributed by atoms with Gasteiger partial charge in [0.05, 0.1) is 21.2 Å². The second-order valence-electron chi connectivity index (χ2n) is 6.56. The fourth-order valence-electron chi connectivity index (χ4n) is 3.41. The molecule has 1 aromatic heterocycles. The van der Waals surface area contributed by atoms with Crippen LogP contribution in [0.15, 0.2) is 107 Å². The number of anilines is 3. The molecule has 0 radical (unpaired) electrons. The van der Waals surface area contributed by atoms with E-state index in [1.165, 1.54) is 6.20 Å². The van der Waals surface area contributed by atoms with Gasteiger partial charge in [0, 0.05) is 18.1 Å².